The molecule has 152 valence electrons. The zero-order chi connectivity index (χ0) is 17.2. The van der Waals surface area contributed by atoms with E-state index in [1.807, 2.05) is 0 Å². The fraction of sp³-hybridized carbons (Fsp3) is 0. The topological polar surface area (TPSA) is 0 Å². The van der Waals surface area contributed by atoms with Crippen LogP contribution in [0.4, 0.5) is 43.9 Å². The molecule has 2 aliphatic rings. The van der Waals surface area contributed by atoms with Crippen LogP contribution in [0, 0.1) is 12.3 Å². The van der Waals surface area contributed by atoms with Crippen molar-refractivity contribution in [2.45, 2.75) is 0 Å². The van der Waals surface area contributed by atoms with Gasteiger partial charge in [0.15, 0.2) is 23.3 Å². The van der Waals surface area contributed by atoms with E-state index in [4.69, 9.17) is 0 Å². The molecule has 0 heterocycles. The van der Waals surface area contributed by atoms with Gasteiger partial charge in [0.2, 0.25) is 23.3 Å². The van der Waals surface area contributed by atoms with E-state index in [0.29, 0.717) is 0 Å². The van der Waals surface area contributed by atoms with Gasteiger partial charge in [-0.05, 0) is 11.5 Å². The van der Waals surface area contributed by atoms with Crippen LogP contribution >= 0.6 is 0 Å². The molecule has 0 nitrogen and oxygen atoms in total. The number of allylic oxidation sites excluding steroid dienone is 6. The largest absolute Gasteiger partial charge is 4.00 e. The average molecular weight is 506 g/mol. The SMILES string of the molecule is F[C]1C(F)=C=C(F)C(F)=C1F.F[C]1C(F)=C=C(F)C(F)=C1F.[F-].[F-].[F-].[F-].[Mo+4]. The third-order valence-corrected chi connectivity index (χ3v) is 1.98. The molecule has 0 fully saturated rings. The smallest absolute Gasteiger partial charge is 1.00 e. The Morgan fingerprint density at radius 3 is 0.815 bits per heavy atom. The molecule has 0 unspecified atom stereocenters. The zero-order valence-electron chi connectivity index (χ0n) is 11.7. The van der Waals surface area contributed by atoms with Gasteiger partial charge in [-0.3, -0.25) is 0 Å². The van der Waals surface area contributed by atoms with Crippen molar-refractivity contribution in [3.8, 4) is 0 Å². The Balaban J connectivity index is -0.000000101. The summed E-state index contributed by atoms with van der Waals surface area (Å²) in [6, 6.07) is 0. The first-order chi connectivity index (χ1) is 10.1. The van der Waals surface area contributed by atoms with E-state index in [0.717, 1.165) is 11.5 Å². The maximum Gasteiger partial charge on any atom is 4.00 e. The van der Waals surface area contributed by atoms with E-state index in [9.17, 15) is 43.9 Å². The maximum atomic E-state index is 12.0. The van der Waals surface area contributed by atoms with Crippen molar-refractivity contribution in [3.63, 3.8) is 0 Å². The zero-order valence-corrected chi connectivity index (χ0v) is 13.7. The van der Waals surface area contributed by atoms with Gasteiger partial charge in [-0.1, -0.05) is 0 Å². The summed E-state index contributed by atoms with van der Waals surface area (Å²) in [6.07, 6.45) is -4.13. The Morgan fingerprint density at radius 1 is 0.370 bits per heavy atom. The van der Waals surface area contributed by atoms with Gasteiger partial charge < -0.3 is 18.8 Å². The van der Waals surface area contributed by atoms with E-state index in [1.54, 1.807) is 0 Å². The van der Waals surface area contributed by atoms with Gasteiger partial charge in [0.1, 0.15) is 0 Å². The van der Waals surface area contributed by atoms with Gasteiger partial charge in [0.05, 0.1) is 0 Å². The first-order valence-corrected chi connectivity index (χ1v) is 4.89. The standard InChI is InChI=1S/2C6F5.4FH.Mo/c2*7-2-1-3(8)5(10)6(11)4(2)9;;;;;/h;;4*1H;/q;;;;;;+4/p-4. The molecule has 15 heteroatoms. The van der Waals surface area contributed by atoms with Gasteiger partial charge in [0.25, 0.3) is 12.3 Å². The summed E-state index contributed by atoms with van der Waals surface area (Å²) in [4.78, 5) is 0. The quantitative estimate of drug-likeness (QED) is 0.175. The summed E-state index contributed by atoms with van der Waals surface area (Å²) in [6.45, 7) is 0. The molecular formula is C12F14Mo. The van der Waals surface area contributed by atoms with Crippen LogP contribution in [-0.2, 0) is 21.1 Å². The Kier molecular flexibility index (Phi) is 19.2. The molecule has 0 amide bonds. The van der Waals surface area contributed by atoms with E-state index in [-0.39, 0.29) is 39.9 Å². The molecule has 0 spiro atoms. The number of rotatable bonds is 0. The molecule has 0 atom stereocenters. The van der Waals surface area contributed by atoms with Crippen molar-refractivity contribution in [2.24, 2.45) is 0 Å². The second-order valence-corrected chi connectivity index (χ2v) is 3.39. The predicted molar refractivity (Wildman–Crippen MR) is 52.7 cm³/mol. The number of hydrogen-bond donors (Lipinski definition) is 0. The van der Waals surface area contributed by atoms with Crippen molar-refractivity contribution in [1.82, 2.24) is 0 Å². The van der Waals surface area contributed by atoms with Crippen LogP contribution in [0.2, 0.25) is 0 Å². The van der Waals surface area contributed by atoms with E-state index < -0.39 is 59.0 Å². The minimum atomic E-state index is -2.17. The Morgan fingerprint density at radius 2 is 0.593 bits per heavy atom. The first-order valence-electron chi connectivity index (χ1n) is 4.89. The summed E-state index contributed by atoms with van der Waals surface area (Å²) in [5, 5.41) is 0. The molecule has 0 bridgehead atoms. The van der Waals surface area contributed by atoms with Gasteiger partial charge in [-0.2, -0.15) is 26.3 Å². The van der Waals surface area contributed by atoms with Crippen molar-refractivity contribution in [2.75, 3.05) is 0 Å². The summed E-state index contributed by atoms with van der Waals surface area (Å²) in [7, 11) is 0. The van der Waals surface area contributed by atoms with Crippen LogP contribution in [0.1, 0.15) is 0 Å². The molecule has 0 aliphatic heterocycles. The van der Waals surface area contributed by atoms with Gasteiger partial charge in [0, 0.05) is 0 Å². The fourth-order valence-corrected chi connectivity index (χ4v) is 0.990. The van der Waals surface area contributed by atoms with Crippen molar-refractivity contribution < 1.29 is 83.8 Å². The Bertz CT molecular complexity index is 633. The summed E-state index contributed by atoms with van der Waals surface area (Å²) >= 11 is 0. The van der Waals surface area contributed by atoms with Crippen LogP contribution in [0.5, 0.6) is 0 Å². The minimum absolute atomic E-state index is 0. The third-order valence-electron chi connectivity index (χ3n) is 1.98. The molecule has 0 aromatic carbocycles. The molecule has 0 N–H and O–H groups in total. The molecule has 0 aromatic heterocycles. The van der Waals surface area contributed by atoms with Crippen LogP contribution in [0.15, 0.2) is 58.1 Å². The monoisotopic (exact) mass is 508 g/mol. The summed E-state index contributed by atoms with van der Waals surface area (Å²) < 4.78 is 120. The van der Waals surface area contributed by atoms with Crippen molar-refractivity contribution in [1.29, 1.82) is 0 Å². The van der Waals surface area contributed by atoms with E-state index in [2.05, 4.69) is 0 Å². The maximum absolute atomic E-state index is 12.0. The minimum Gasteiger partial charge on any atom is -1.00 e. The van der Waals surface area contributed by atoms with E-state index in [1.165, 1.54) is 0 Å². The molecule has 2 aliphatic carbocycles. The van der Waals surface area contributed by atoms with Crippen LogP contribution < -0.4 is 18.8 Å². The normalized spacial score (nSPS) is 16.4. The first kappa shape index (κ1) is 36.2. The number of hydrogen-bond acceptors (Lipinski definition) is 0. The van der Waals surface area contributed by atoms with Crippen LogP contribution in [0.25, 0.3) is 0 Å². The second-order valence-electron chi connectivity index (χ2n) is 3.39. The van der Waals surface area contributed by atoms with Crippen molar-refractivity contribution in [3.05, 3.63) is 70.4 Å². The average Bonchev–Trinajstić information content (AvgIpc) is 2.47. The van der Waals surface area contributed by atoms with Crippen molar-refractivity contribution >= 4 is 0 Å². The molecule has 27 heavy (non-hydrogen) atoms. The number of halogens is 14. The third kappa shape index (κ3) is 8.19. The van der Waals surface area contributed by atoms with Crippen LogP contribution in [-0.4, -0.2) is 0 Å². The summed E-state index contributed by atoms with van der Waals surface area (Å²) in [5.74, 6) is -16.0. The van der Waals surface area contributed by atoms with E-state index >= 15 is 0 Å². The van der Waals surface area contributed by atoms with Gasteiger partial charge in [-0.25, -0.2) is 17.6 Å². The second kappa shape index (κ2) is 14.3. The van der Waals surface area contributed by atoms with Gasteiger partial charge in [-0.15, -0.1) is 0 Å². The molecule has 2 rings (SSSR count). The molecular weight excluding hydrogens is 506 g/mol. The molecule has 0 saturated carbocycles. The predicted octanol–water partition coefficient (Wildman–Crippen LogP) is -6.07. The molecule has 0 saturated heterocycles. The Labute approximate surface area is 155 Å². The molecule has 0 aromatic rings. The molecule has 2 radical (unpaired) electrons. The van der Waals surface area contributed by atoms with Crippen LogP contribution in [0.3, 0.4) is 0 Å². The fourth-order valence-electron chi connectivity index (χ4n) is 0.990. The summed E-state index contributed by atoms with van der Waals surface area (Å²) in [5.41, 5.74) is 2.05. The Hall–Kier alpha value is -1.77. The van der Waals surface area contributed by atoms with Gasteiger partial charge >= 0.3 is 21.1 Å².